The van der Waals surface area contributed by atoms with Gasteiger partial charge in [0.25, 0.3) is 5.56 Å². The lowest BCUT2D eigenvalue weighted by Crippen LogP contribution is -2.59. The quantitative estimate of drug-likeness (QED) is 0.323. The van der Waals surface area contributed by atoms with Crippen LogP contribution in [0.5, 0.6) is 5.75 Å². The number of benzene rings is 2. The van der Waals surface area contributed by atoms with E-state index in [0.717, 1.165) is 37.1 Å². The smallest absolute Gasteiger partial charge is 0.261 e. The fourth-order valence-electron chi connectivity index (χ4n) is 7.47. The van der Waals surface area contributed by atoms with Crippen molar-refractivity contribution in [2.24, 2.45) is 35.2 Å². The largest absolute Gasteiger partial charge is 0.486 e. The van der Waals surface area contributed by atoms with Crippen LogP contribution in [0.25, 0.3) is 10.9 Å². The van der Waals surface area contributed by atoms with Crippen LogP contribution in [0.2, 0.25) is 0 Å². The van der Waals surface area contributed by atoms with Crippen LogP contribution in [0.1, 0.15) is 53.3 Å². The number of fused-ring (bicyclic) bond motifs is 3. The highest BCUT2D eigenvalue weighted by Crippen LogP contribution is 2.61. The minimum atomic E-state index is -0.329. The van der Waals surface area contributed by atoms with Crippen molar-refractivity contribution in [3.8, 4) is 5.75 Å². The van der Waals surface area contributed by atoms with Gasteiger partial charge in [-0.15, -0.1) is 0 Å². The standard InChI is InChI=1S/C33H43FN6O2/c1-19-16-40(17-20(2)35-19)32(38-28-14-22-13-27(21(28)3)33(22,4)5)36-24-9-12-26-29(15-24)37-30(39(6)31(26)41)18-42-25-10-7-23(34)8-11-25/h7-12,15,19-22,27-28,35H,13-14,16-18H2,1-6H3,(H,36,38)/t19-,20+,21-,22+,27-,28?/m0/s1. The minimum Gasteiger partial charge on any atom is -0.486 e. The zero-order valence-electron chi connectivity index (χ0n) is 25.5. The van der Waals surface area contributed by atoms with Gasteiger partial charge in [-0.3, -0.25) is 9.36 Å². The molecule has 2 aromatic carbocycles. The van der Waals surface area contributed by atoms with Crippen molar-refractivity contribution in [1.82, 2.24) is 19.8 Å². The molecule has 0 spiro atoms. The van der Waals surface area contributed by atoms with Crippen LogP contribution < -0.4 is 20.9 Å². The molecule has 42 heavy (non-hydrogen) atoms. The van der Waals surface area contributed by atoms with E-state index >= 15 is 0 Å². The van der Waals surface area contributed by atoms with Gasteiger partial charge in [0.05, 0.1) is 16.9 Å². The van der Waals surface area contributed by atoms with E-state index in [9.17, 15) is 9.18 Å². The Kier molecular flexibility index (Phi) is 7.50. The minimum absolute atomic E-state index is 0.0898. The van der Waals surface area contributed by atoms with Crippen LogP contribution >= 0.6 is 0 Å². The molecule has 7 rings (SSSR count). The third-order valence-electron chi connectivity index (χ3n) is 10.1. The van der Waals surface area contributed by atoms with E-state index in [2.05, 4.69) is 50.2 Å². The number of aromatic nitrogens is 2. The number of hydrogen-bond donors (Lipinski definition) is 2. The van der Waals surface area contributed by atoms with E-state index in [4.69, 9.17) is 14.7 Å². The second-order valence-corrected chi connectivity index (χ2v) is 13.3. The second-order valence-electron chi connectivity index (χ2n) is 13.3. The maximum atomic E-state index is 13.3. The van der Waals surface area contributed by atoms with Crippen LogP contribution in [0, 0.1) is 29.0 Å². The van der Waals surface area contributed by atoms with Gasteiger partial charge in [0.2, 0.25) is 0 Å². The number of ether oxygens (including phenoxy) is 1. The van der Waals surface area contributed by atoms with Crippen LogP contribution in [0.4, 0.5) is 10.1 Å². The summed E-state index contributed by atoms with van der Waals surface area (Å²) in [4.78, 5) is 25.8. The zero-order valence-corrected chi connectivity index (χ0v) is 25.5. The first-order valence-electron chi connectivity index (χ1n) is 15.2. The van der Waals surface area contributed by atoms with E-state index in [1.807, 2.05) is 18.2 Å². The Balaban J connectivity index is 1.29. The maximum absolute atomic E-state index is 13.3. The summed E-state index contributed by atoms with van der Waals surface area (Å²) in [6.07, 6.45) is 2.45. The van der Waals surface area contributed by atoms with Crippen molar-refractivity contribution in [2.45, 2.75) is 72.2 Å². The summed E-state index contributed by atoms with van der Waals surface area (Å²) in [6.45, 7) is 13.5. The van der Waals surface area contributed by atoms with Crippen LogP contribution in [0.15, 0.2) is 52.3 Å². The SMILES string of the molecule is C[C@@H]1CN(C(=NC2C[C@H]3C[C@@H]([C@@H]2C)C3(C)C)Nc2ccc3c(=O)n(C)c(COc4ccc(F)cc4)nc3c2)C[C@H](C)N1. The molecule has 4 aliphatic rings. The summed E-state index contributed by atoms with van der Waals surface area (Å²) in [5.74, 6) is 3.54. The first-order chi connectivity index (χ1) is 20.0. The summed E-state index contributed by atoms with van der Waals surface area (Å²) in [7, 11) is 1.69. The monoisotopic (exact) mass is 574 g/mol. The predicted octanol–water partition coefficient (Wildman–Crippen LogP) is 5.17. The second kappa shape index (κ2) is 11.0. The van der Waals surface area contributed by atoms with E-state index < -0.39 is 0 Å². The summed E-state index contributed by atoms with van der Waals surface area (Å²) in [5.41, 5.74) is 1.71. The Morgan fingerprint density at radius 3 is 2.50 bits per heavy atom. The Morgan fingerprint density at radius 1 is 1.12 bits per heavy atom. The molecule has 1 aliphatic heterocycles. The van der Waals surface area contributed by atoms with Gasteiger partial charge < -0.3 is 20.3 Å². The van der Waals surface area contributed by atoms with E-state index in [1.165, 1.54) is 23.1 Å². The molecule has 224 valence electrons. The van der Waals surface area contributed by atoms with Crippen LogP contribution in [-0.4, -0.2) is 51.6 Å². The number of rotatable bonds is 5. The molecule has 1 saturated heterocycles. The van der Waals surface area contributed by atoms with Crippen molar-refractivity contribution in [3.05, 3.63) is 64.5 Å². The van der Waals surface area contributed by atoms with E-state index in [-0.39, 0.29) is 24.0 Å². The van der Waals surface area contributed by atoms with Crippen LogP contribution in [0.3, 0.4) is 0 Å². The molecule has 8 nitrogen and oxygen atoms in total. The van der Waals surface area contributed by atoms with Crippen molar-refractivity contribution in [2.75, 3.05) is 18.4 Å². The van der Waals surface area contributed by atoms with Crippen LogP contribution in [-0.2, 0) is 13.7 Å². The molecule has 1 aromatic heterocycles. The molecule has 0 radical (unpaired) electrons. The molecule has 2 bridgehead atoms. The fourth-order valence-corrected chi connectivity index (χ4v) is 7.47. The highest BCUT2D eigenvalue weighted by molar-refractivity contribution is 5.96. The Bertz CT molecular complexity index is 1540. The highest BCUT2D eigenvalue weighted by atomic mass is 19.1. The Morgan fingerprint density at radius 2 is 1.83 bits per heavy atom. The molecule has 1 unspecified atom stereocenters. The molecular weight excluding hydrogens is 531 g/mol. The molecule has 4 fully saturated rings. The average molecular weight is 575 g/mol. The Labute approximate surface area is 247 Å². The van der Waals surface area contributed by atoms with Gasteiger partial charge in [-0.2, -0.15) is 0 Å². The molecule has 2 N–H and O–H groups in total. The number of guanidine groups is 1. The third kappa shape index (κ3) is 5.39. The van der Waals surface area contributed by atoms with Gasteiger partial charge in [0.15, 0.2) is 5.96 Å². The topological polar surface area (TPSA) is 83.8 Å². The summed E-state index contributed by atoms with van der Waals surface area (Å²) >= 11 is 0. The number of nitrogens with one attached hydrogen (secondary N) is 2. The summed E-state index contributed by atoms with van der Waals surface area (Å²) in [5, 5.41) is 7.82. The van der Waals surface area contributed by atoms with Gasteiger partial charge in [0.1, 0.15) is 24.0 Å². The Hall–Kier alpha value is -3.46. The highest BCUT2D eigenvalue weighted by Gasteiger charge is 2.56. The number of anilines is 1. The van der Waals surface area contributed by atoms with E-state index in [0.29, 0.717) is 51.8 Å². The number of hydrogen-bond acceptors (Lipinski definition) is 5. The molecule has 3 saturated carbocycles. The number of nitrogens with zero attached hydrogens (tertiary/aromatic N) is 4. The molecule has 3 aromatic rings. The lowest BCUT2D eigenvalue weighted by Gasteiger charge is -2.61. The molecule has 9 heteroatoms. The third-order valence-corrected chi connectivity index (χ3v) is 10.1. The van der Waals surface area contributed by atoms with E-state index in [1.54, 1.807) is 19.2 Å². The van der Waals surface area contributed by atoms with Crippen molar-refractivity contribution < 1.29 is 9.13 Å². The number of halogens is 1. The number of aliphatic imine (C=N–C) groups is 1. The first-order valence-corrected chi connectivity index (χ1v) is 15.2. The predicted molar refractivity (Wildman–Crippen MR) is 165 cm³/mol. The normalized spacial score (nSPS) is 28.8. The molecular formula is C33H43FN6O2. The molecule has 2 heterocycles. The van der Waals surface area contributed by atoms with Crippen molar-refractivity contribution in [1.29, 1.82) is 0 Å². The van der Waals surface area contributed by atoms with Gasteiger partial charge >= 0.3 is 0 Å². The summed E-state index contributed by atoms with van der Waals surface area (Å²) < 4.78 is 20.6. The number of piperazine rings is 1. The van der Waals surface area contributed by atoms with Crippen molar-refractivity contribution >= 4 is 22.5 Å². The van der Waals surface area contributed by atoms with Gasteiger partial charge in [-0.05, 0) is 92.3 Å². The fraction of sp³-hybridized carbons (Fsp3) is 0.545. The molecule has 3 aliphatic carbocycles. The van der Waals surface area contributed by atoms with Gasteiger partial charge in [-0.1, -0.05) is 20.8 Å². The average Bonchev–Trinajstić information content (AvgIpc) is 2.94. The first kappa shape index (κ1) is 28.6. The molecule has 0 amide bonds. The van der Waals surface area contributed by atoms with Gasteiger partial charge in [-0.25, -0.2) is 14.4 Å². The zero-order chi connectivity index (χ0) is 29.8. The molecule has 6 atom stereocenters. The lowest BCUT2D eigenvalue weighted by molar-refractivity contribution is -0.108. The van der Waals surface area contributed by atoms with Gasteiger partial charge in [0, 0.05) is 37.9 Å². The lowest BCUT2D eigenvalue weighted by atomic mass is 9.45. The summed E-state index contributed by atoms with van der Waals surface area (Å²) in [6, 6.07) is 12.5. The maximum Gasteiger partial charge on any atom is 0.261 e. The van der Waals surface area contributed by atoms with Crippen molar-refractivity contribution in [3.63, 3.8) is 0 Å².